The monoisotopic (exact) mass is 577 g/mol. The van der Waals surface area contributed by atoms with Crippen LogP contribution >= 0.6 is 11.3 Å². The standard InChI is InChI=1S/C29H31N5O6S/c1-5-40-28(36)25-18(2)30-29-33(26(25)21-8-6-7-9-23(21)39-4)27(35)24(41-29)17-19-16-20(34(37)38)10-11-22(19)32-14-12-31(3)13-15-32/h6-11,16-17,26H,5,12-15H2,1-4H3/b24-17-. The van der Waals surface area contributed by atoms with Gasteiger partial charge in [-0.2, -0.15) is 0 Å². The molecule has 3 heterocycles. The Bertz CT molecular complexity index is 1720. The average Bonchev–Trinajstić information content (AvgIpc) is 3.26. The summed E-state index contributed by atoms with van der Waals surface area (Å²) < 4.78 is 12.8. The Labute approximate surface area is 240 Å². The number of methoxy groups -OCH3 is 1. The molecule has 1 aromatic heterocycles. The molecule has 41 heavy (non-hydrogen) atoms. The van der Waals surface area contributed by atoms with Crippen molar-refractivity contribution in [2.75, 3.05) is 51.8 Å². The highest BCUT2D eigenvalue weighted by atomic mass is 32.1. The second kappa shape index (κ2) is 11.7. The number of thiazole rings is 1. The maximum absolute atomic E-state index is 14.1. The SMILES string of the molecule is CCOC(=O)C1=C(C)N=c2s/c(=C\c3cc([N+](=O)[O-])ccc3N3CCN(C)CC3)c(=O)n2C1c1ccccc1OC. The van der Waals surface area contributed by atoms with E-state index >= 15 is 0 Å². The number of nitro groups is 1. The second-order valence-electron chi connectivity index (χ2n) is 9.83. The molecule has 2 aliphatic heterocycles. The Morgan fingerprint density at radius 3 is 2.61 bits per heavy atom. The maximum Gasteiger partial charge on any atom is 0.338 e. The van der Waals surface area contributed by atoms with Crippen molar-refractivity contribution in [3.8, 4) is 5.75 Å². The number of nitrogens with zero attached hydrogens (tertiary/aromatic N) is 5. The van der Waals surface area contributed by atoms with E-state index in [4.69, 9.17) is 9.47 Å². The lowest BCUT2D eigenvalue weighted by Crippen LogP contribution is -2.44. The highest BCUT2D eigenvalue weighted by Gasteiger charge is 2.35. The fourth-order valence-corrected chi connectivity index (χ4v) is 6.26. The first kappa shape index (κ1) is 28.2. The van der Waals surface area contributed by atoms with Gasteiger partial charge in [0.2, 0.25) is 0 Å². The first-order chi connectivity index (χ1) is 19.7. The van der Waals surface area contributed by atoms with Crippen molar-refractivity contribution in [1.82, 2.24) is 9.47 Å². The number of ether oxygens (including phenoxy) is 2. The van der Waals surface area contributed by atoms with Gasteiger partial charge in [0.15, 0.2) is 4.80 Å². The molecule has 1 fully saturated rings. The van der Waals surface area contributed by atoms with Crippen LogP contribution in [0.15, 0.2) is 63.5 Å². The highest BCUT2D eigenvalue weighted by molar-refractivity contribution is 7.07. The van der Waals surface area contributed by atoms with Gasteiger partial charge < -0.3 is 19.3 Å². The molecule has 0 saturated carbocycles. The Kier molecular flexibility index (Phi) is 8.04. The predicted molar refractivity (Wildman–Crippen MR) is 156 cm³/mol. The summed E-state index contributed by atoms with van der Waals surface area (Å²) >= 11 is 1.17. The molecule has 1 saturated heterocycles. The maximum atomic E-state index is 14.1. The summed E-state index contributed by atoms with van der Waals surface area (Å²) in [6.07, 6.45) is 1.69. The molecule has 0 bridgehead atoms. The van der Waals surface area contributed by atoms with Crippen molar-refractivity contribution in [1.29, 1.82) is 0 Å². The van der Waals surface area contributed by atoms with Crippen molar-refractivity contribution in [3.63, 3.8) is 0 Å². The van der Waals surface area contributed by atoms with Crippen LogP contribution in [0.2, 0.25) is 0 Å². The number of benzene rings is 2. The van der Waals surface area contributed by atoms with Gasteiger partial charge in [0.05, 0.1) is 34.4 Å². The van der Waals surface area contributed by atoms with Crippen LogP contribution < -0.4 is 24.5 Å². The molecular weight excluding hydrogens is 546 g/mol. The summed E-state index contributed by atoms with van der Waals surface area (Å²) in [5.41, 5.74) is 2.28. The summed E-state index contributed by atoms with van der Waals surface area (Å²) in [7, 11) is 3.59. The van der Waals surface area contributed by atoms with Gasteiger partial charge >= 0.3 is 5.97 Å². The lowest BCUT2D eigenvalue weighted by molar-refractivity contribution is -0.384. The number of carbonyl (C=O) groups is 1. The van der Waals surface area contributed by atoms with E-state index in [1.807, 2.05) is 18.2 Å². The number of para-hydroxylation sites is 1. The number of esters is 1. The fourth-order valence-electron chi connectivity index (χ4n) is 5.23. The van der Waals surface area contributed by atoms with Crippen molar-refractivity contribution < 1.29 is 19.2 Å². The Hall–Kier alpha value is -4.29. The van der Waals surface area contributed by atoms with E-state index in [0.717, 1.165) is 31.9 Å². The number of piperazine rings is 1. The van der Waals surface area contributed by atoms with Crippen LogP contribution in [0.1, 0.15) is 31.0 Å². The summed E-state index contributed by atoms with van der Waals surface area (Å²) in [5.74, 6) is -0.0467. The summed E-state index contributed by atoms with van der Waals surface area (Å²) in [5, 5.41) is 11.6. The third-order valence-corrected chi connectivity index (χ3v) is 8.29. The van der Waals surface area contributed by atoms with Gasteiger partial charge in [-0.05, 0) is 39.1 Å². The number of rotatable bonds is 7. The van der Waals surface area contributed by atoms with E-state index in [1.165, 1.54) is 35.1 Å². The van der Waals surface area contributed by atoms with E-state index in [0.29, 0.717) is 31.9 Å². The van der Waals surface area contributed by atoms with Gasteiger partial charge in [-0.1, -0.05) is 29.5 Å². The van der Waals surface area contributed by atoms with Gasteiger partial charge in [0.1, 0.15) is 11.8 Å². The lowest BCUT2D eigenvalue weighted by Gasteiger charge is -2.34. The van der Waals surface area contributed by atoms with Crippen LogP contribution in [-0.2, 0) is 9.53 Å². The number of non-ortho nitro benzene ring substituents is 1. The molecule has 0 N–H and O–H groups in total. The molecule has 0 amide bonds. The van der Waals surface area contributed by atoms with Crippen molar-refractivity contribution in [2.24, 2.45) is 4.99 Å². The van der Waals surface area contributed by atoms with Gasteiger partial charge in [-0.25, -0.2) is 9.79 Å². The van der Waals surface area contributed by atoms with E-state index < -0.39 is 16.9 Å². The third-order valence-electron chi connectivity index (χ3n) is 7.30. The minimum Gasteiger partial charge on any atom is -0.496 e. The second-order valence-corrected chi connectivity index (χ2v) is 10.8. The predicted octanol–water partition coefficient (Wildman–Crippen LogP) is 2.47. The lowest BCUT2D eigenvalue weighted by atomic mass is 9.95. The number of hydrogen-bond donors (Lipinski definition) is 0. The van der Waals surface area contributed by atoms with E-state index in [1.54, 1.807) is 32.1 Å². The van der Waals surface area contributed by atoms with Crippen LogP contribution in [0.4, 0.5) is 11.4 Å². The first-order valence-corrected chi connectivity index (χ1v) is 14.1. The summed E-state index contributed by atoms with van der Waals surface area (Å²) in [6, 6.07) is 11.1. The van der Waals surface area contributed by atoms with Crippen molar-refractivity contribution in [3.05, 3.63) is 94.7 Å². The van der Waals surface area contributed by atoms with Gasteiger partial charge in [0.25, 0.3) is 11.2 Å². The van der Waals surface area contributed by atoms with E-state index in [-0.39, 0.29) is 23.4 Å². The van der Waals surface area contributed by atoms with Crippen LogP contribution in [-0.4, -0.2) is 67.3 Å². The third kappa shape index (κ3) is 5.40. The quantitative estimate of drug-likeness (QED) is 0.239. The summed E-state index contributed by atoms with van der Waals surface area (Å²) in [4.78, 5) is 47.9. The van der Waals surface area contributed by atoms with Crippen LogP contribution in [0.3, 0.4) is 0 Å². The molecule has 5 rings (SSSR count). The molecule has 214 valence electrons. The highest BCUT2D eigenvalue weighted by Crippen LogP contribution is 2.35. The molecule has 2 aromatic carbocycles. The van der Waals surface area contributed by atoms with Crippen molar-refractivity contribution in [2.45, 2.75) is 19.9 Å². The van der Waals surface area contributed by atoms with Crippen LogP contribution in [0.5, 0.6) is 5.75 Å². The number of aromatic nitrogens is 1. The minimum absolute atomic E-state index is 0.0609. The molecule has 12 heteroatoms. The van der Waals surface area contributed by atoms with Gasteiger partial charge in [0, 0.05) is 55.1 Å². The Balaban J connectivity index is 1.72. The topological polar surface area (TPSA) is 120 Å². The Morgan fingerprint density at radius 2 is 1.93 bits per heavy atom. The first-order valence-electron chi connectivity index (χ1n) is 13.3. The molecule has 0 radical (unpaired) electrons. The number of hydrogen-bond acceptors (Lipinski definition) is 10. The number of nitro benzene ring substituents is 1. The average molecular weight is 578 g/mol. The zero-order chi connectivity index (χ0) is 29.3. The van der Waals surface area contributed by atoms with Crippen LogP contribution in [0.25, 0.3) is 6.08 Å². The molecule has 3 aromatic rings. The largest absolute Gasteiger partial charge is 0.496 e. The smallest absolute Gasteiger partial charge is 0.338 e. The molecule has 11 nitrogen and oxygen atoms in total. The minimum atomic E-state index is -0.828. The zero-order valence-electron chi connectivity index (χ0n) is 23.3. The molecular formula is C29H31N5O6S. The molecule has 2 aliphatic rings. The molecule has 1 unspecified atom stereocenters. The van der Waals surface area contributed by atoms with Crippen molar-refractivity contribution >= 4 is 34.8 Å². The number of carbonyl (C=O) groups excluding carboxylic acids is 1. The van der Waals surface area contributed by atoms with E-state index in [2.05, 4.69) is 21.8 Å². The van der Waals surface area contributed by atoms with Gasteiger partial charge in [-0.3, -0.25) is 19.5 Å². The number of fused-ring (bicyclic) bond motifs is 1. The number of allylic oxidation sites excluding steroid dienone is 1. The molecule has 0 spiro atoms. The summed E-state index contributed by atoms with van der Waals surface area (Å²) in [6.45, 7) is 6.83. The number of likely N-dealkylation sites (N-methyl/N-ethyl adjacent to an activating group) is 1. The molecule has 1 atom stereocenters. The Morgan fingerprint density at radius 1 is 1.20 bits per heavy atom. The molecule has 0 aliphatic carbocycles. The van der Waals surface area contributed by atoms with Gasteiger partial charge in [-0.15, -0.1) is 0 Å². The normalized spacial score (nSPS) is 17.7. The zero-order valence-corrected chi connectivity index (χ0v) is 24.1. The van der Waals surface area contributed by atoms with E-state index in [9.17, 15) is 19.7 Å². The number of anilines is 1. The van der Waals surface area contributed by atoms with Crippen LogP contribution in [0, 0.1) is 10.1 Å². The fraction of sp³-hybridized carbons (Fsp3) is 0.345.